The Bertz CT molecular complexity index is 701. The van der Waals surface area contributed by atoms with Crippen molar-refractivity contribution in [2.24, 2.45) is 0 Å². The van der Waals surface area contributed by atoms with Crippen molar-refractivity contribution in [3.05, 3.63) is 58.3 Å². The highest BCUT2D eigenvalue weighted by molar-refractivity contribution is 5.73. The lowest BCUT2D eigenvalue weighted by Crippen LogP contribution is -2.15. The molecule has 3 aromatic rings. The van der Waals surface area contributed by atoms with Crippen LogP contribution >= 0.6 is 0 Å². The molecule has 0 aliphatic rings. The third-order valence-corrected chi connectivity index (χ3v) is 2.51. The molecule has 5 nitrogen and oxygen atoms in total. The van der Waals surface area contributed by atoms with Crippen LogP contribution in [0.1, 0.15) is 11.4 Å². The van der Waals surface area contributed by atoms with Crippen LogP contribution in [0.2, 0.25) is 0 Å². The largest absolute Gasteiger partial charge is 0.364 e. The summed E-state index contributed by atoms with van der Waals surface area (Å²) in [7, 11) is 0. The predicted molar refractivity (Wildman–Crippen MR) is 61.7 cm³/mol. The van der Waals surface area contributed by atoms with Crippen molar-refractivity contribution in [3.8, 4) is 0 Å². The molecule has 5 heteroatoms. The summed E-state index contributed by atoms with van der Waals surface area (Å²) in [6, 6.07) is 9.14. The number of hydrogen-bond acceptors (Lipinski definition) is 4. The Morgan fingerprint density at radius 3 is 2.94 bits per heavy atom. The van der Waals surface area contributed by atoms with Crippen LogP contribution in [-0.2, 0) is 6.42 Å². The fourth-order valence-electron chi connectivity index (χ4n) is 1.69. The highest BCUT2D eigenvalue weighted by Crippen LogP contribution is 2.08. The summed E-state index contributed by atoms with van der Waals surface area (Å²) in [5.41, 5.74) is 2.45. The Kier molecular flexibility index (Phi) is 2.22. The molecule has 0 amide bonds. The van der Waals surface area contributed by atoms with Crippen LogP contribution < -0.4 is 5.56 Å². The Labute approximate surface area is 96.1 Å². The average Bonchev–Trinajstić information content (AvgIpc) is 2.83. The summed E-state index contributed by atoms with van der Waals surface area (Å²) in [6.45, 7) is 0. The van der Waals surface area contributed by atoms with E-state index in [1.165, 1.54) is 6.26 Å². The van der Waals surface area contributed by atoms with Gasteiger partial charge in [-0.05, 0) is 12.1 Å². The second-order valence-electron chi connectivity index (χ2n) is 3.70. The van der Waals surface area contributed by atoms with E-state index in [0.717, 1.165) is 11.0 Å². The van der Waals surface area contributed by atoms with Crippen LogP contribution in [-0.4, -0.2) is 15.1 Å². The number of nitrogens with one attached hydrogen (secondary N) is 1. The van der Waals surface area contributed by atoms with Gasteiger partial charge in [0.25, 0.3) is 5.56 Å². The van der Waals surface area contributed by atoms with Crippen molar-refractivity contribution in [1.29, 1.82) is 0 Å². The van der Waals surface area contributed by atoms with Gasteiger partial charge in [0, 0.05) is 12.5 Å². The van der Waals surface area contributed by atoms with Crippen molar-refractivity contribution in [3.63, 3.8) is 0 Å². The van der Waals surface area contributed by atoms with Gasteiger partial charge < -0.3 is 9.51 Å². The molecule has 0 unspecified atom stereocenters. The Hall–Kier alpha value is -2.43. The molecule has 0 saturated carbocycles. The second-order valence-corrected chi connectivity index (χ2v) is 3.70. The number of benzene rings is 1. The Balaban J connectivity index is 2.10. The minimum Gasteiger partial charge on any atom is -0.364 e. The van der Waals surface area contributed by atoms with E-state index in [9.17, 15) is 4.79 Å². The normalized spacial score (nSPS) is 10.8. The smallest absolute Gasteiger partial charge is 0.270 e. The summed E-state index contributed by atoms with van der Waals surface area (Å²) < 4.78 is 4.72. The lowest BCUT2D eigenvalue weighted by Gasteiger charge is -2.00. The van der Waals surface area contributed by atoms with E-state index in [-0.39, 0.29) is 5.56 Å². The molecule has 1 aromatic carbocycles. The van der Waals surface area contributed by atoms with Gasteiger partial charge in [0.15, 0.2) is 0 Å². The van der Waals surface area contributed by atoms with Gasteiger partial charge in [-0.15, -0.1) is 0 Å². The lowest BCUT2D eigenvalue weighted by atomic mass is 10.2. The molecule has 3 rings (SSSR count). The van der Waals surface area contributed by atoms with E-state index in [1.54, 1.807) is 6.07 Å². The molecule has 0 saturated heterocycles. The number of aromatic amines is 1. The zero-order valence-electron chi connectivity index (χ0n) is 8.88. The van der Waals surface area contributed by atoms with E-state index in [0.29, 0.717) is 17.8 Å². The molecule has 2 aromatic heterocycles. The van der Waals surface area contributed by atoms with Crippen LogP contribution in [0.15, 0.2) is 45.9 Å². The van der Waals surface area contributed by atoms with Crippen molar-refractivity contribution >= 4 is 11.0 Å². The predicted octanol–water partition coefficient (Wildman–Crippen LogP) is 1.50. The molecule has 0 spiro atoms. The molecule has 2 heterocycles. The Morgan fingerprint density at radius 2 is 2.12 bits per heavy atom. The van der Waals surface area contributed by atoms with E-state index in [1.807, 2.05) is 24.3 Å². The third-order valence-electron chi connectivity index (χ3n) is 2.51. The number of rotatable bonds is 2. The van der Waals surface area contributed by atoms with Gasteiger partial charge in [-0.2, -0.15) is 0 Å². The summed E-state index contributed by atoms with van der Waals surface area (Å²) in [6.07, 6.45) is 1.85. The van der Waals surface area contributed by atoms with Crippen LogP contribution in [0.3, 0.4) is 0 Å². The SMILES string of the molecule is O=c1[nH]c2ccccc2nc1Cc1ccon1. The van der Waals surface area contributed by atoms with E-state index in [2.05, 4.69) is 15.1 Å². The number of fused-ring (bicyclic) bond motifs is 1. The highest BCUT2D eigenvalue weighted by atomic mass is 16.5. The molecule has 0 aliphatic carbocycles. The number of H-pyrrole nitrogens is 1. The van der Waals surface area contributed by atoms with Gasteiger partial charge in [-0.1, -0.05) is 17.3 Å². The highest BCUT2D eigenvalue weighted by Gasteiger charge is 2.07. The monoisotopic (exact) mass is 227 g/mol. The second kappa shape index (κ2) is 3.86. The zero-order valence-corrected chi connectivity index (χ0v) is 8.88. The summed E-state index contributed by atoms with van der Waals surface area (Å²) in [5, 5.41) is 3.76. The van der Waals surface area contributed by atoms with Gasteiger partial charge in [0.05, 0.1) is 16.7 Å². The van der Waals surface area contributed by atoms with Gasteiger partial charge in [-0.3, -0.25) is 4.79 Å². The quantitative estimate of drug-likeness (QED) is 0.720. The van der Waals surface area contributed by atoms with Gasteiger partial charge in [-0.25, -0.2) is 4.98 Å². The fraction of sp³-hybridized carbons (Fsp3) is 0.0833. The molecule has 1 N–H and O–H groups in total. The lowest BCUT2D eigenvalue weighted by molar-refractivity contribution is 0.413. The van der Waals surface area contributed by atoms with E-state index >= 15 is 0 Å². The Morgan fingerprint density at radius 1 is 1.24 bits per heavy atom. The number of para-hydroxylation sites is 2. The summed E-state index contributed by atoms with van der Waals surface area (Å²) in [5.74, 6) is 0. The first-order valence-corrected chi connectivity index (χ1v) is 5.20. The molecule has 84 valence electrons. The van der Waals surface area contributed by atoms with Crippen LogP contribution in [0.5, 0.6) is 0 Å². The fourth-order valence-corrected chi connectivity index (χ4v) is 1.69. The van der Waals surface area contributed by atoms with Crippen molar-refractivity contribution in [2.75, 3.05) is 0 Å². The first-order valence-electron chi connectivity index (χ1n) is 5.20. The number of aromatic nitrogens is 3. The van der Waals surface area contributed by atoms with Crippen molar-refractivity contribution in [2.45, 2.75) is 6.42 Å². The first-order chi connectivity index (χ1) is 8.33. The van der Waals surface area contributed by atoms with Crippen LogP contribution in [0, 0.1) is 0 Å². The summed E-state index contributed by atoms with van der Waals surface area (Å²) >= 11 is 0. The van der Waals surface area contributed by atoms with Crippen LogP contribution in [0.4, 0.5) is 0 Å². The number of hydrogen-bond donors (Lipinski definition) is 1. The molecular weight excluding hydrogens is 218 g/mol. The minimum atomic E-state index is -0.188. The van der Waals surface area contributed by atoms with E-state index < -0.39 is 0 Å². The van der Waals surface area contributed by atoms with Gasteiger partial charge >= 0.3 is 0 Å². The van der Waals surface area contributed by atoms with Gasteiger partial charge in [0.1, 0.15) is 12.0 Å². The van der Waals surface area contributed by atoms with Gasteiger partial charge in [0.2, 0.25) is 0 Å². The molecule has 0 aliphatic heterocycles. The van der Waals surface area contributed by atoms with E-state index in [4.69, 9.17) is 4.52 Å². The van der Waals surface area contributed by atoms with Crippen LogP contribution in [0.25, 0.3) is 11.0 Å². The number of nitrogens with zero attached hydrogens (tertiary/aromatic N) is 2. The maximum absolute atomic E-state index is 11.8. The van der Waals surface area contributed by atoms with Crippen molar-refractivity contribution < 1.29 is 4.52 Å². The molecule has 0 bridgehead atoms. The van der Waals surface area contributed by atoms with Crippen molar-refractivity contribution in [1.82, 2.24) is 15.1 Å². The molecule has 0 radical (unpaired) electrons. The standard InChI is InChI=1S/C12H9N3O2/c16-12-11(7-8-5-6-17-15-8)13-9-3-1-2-4-10(9)14-12/h1-6H,7H2,(H,14,16). The minimum absolute atomic E-state index is 0.188. The molecular formula is C12H9N3O2. The third kappa shape index (κ3) is 1.82. The maximum Gasteiger partial charge on any atom is 0.270 e. The first kappa shape index (κ1) is 9.77. The maximum atomic E-state index is 11.8. The molecule has 0 atom stereocenters. The molecule has 0 fully saturated rings. The zero-order chi connectivity index (χ0) is 11.7. The molecule has 17 heavy (non-hydrogen) atoms. The summed E-state index contributed by atoms with van der Waals surface area (Å²) in [4.78, 5) is 18.9. The topological polar surface area (TPSA) is 71.8 Å². The average molecular weight is 227 g/mol.